The maximum atomic E-state index is 12.5. The van der Waals surface area contributed by atoms with Crippen molar-refractivity contribution in [3.8, 4) is 5.75 Å². The second-order valence-corrected chi connectivity index (χ2v) is 7.59. The number of nitrogens with zero attached hydrogens (tertiary/aromatic N) is 1. The Morgan fingerprint density at radius 3 is 2.52 bits per heavy atom. The van der Waals surface area contributed by atoms with E-state index in [1.165, 1.54) is 11.4 Å². The molecule has 0 unspecified atom stereocenters. The van der Waals surface area contributed by atoms with E-state index in [2.05, 4.69) is 5.32 Å². The molecule has 1 N–H and O–H groups in total. The summed E-state index contributed by atoms with van der Waals surface area (Å²) in [5.41, 5.74) is 1.36. The number of nitrogens with one attached hydrogen (secondary N) is 1. The Hall–Kier alpha value is -2.54. The molecule has 0 aliphatic rings. The molecule has 6 nitrogen and oxygen atoms in total. The number of carbonyl (C=O) groups excluding carboxylic acids is 1. The Bertz CT molecular complexity index is 850. The molecule has 0 bridgehead atoms. The van der Waals surface area contributed by atoms with E-state index in [0.29, 0.717) is 29.3 Å². The Morgan fingerprint density at radius 2 is 1.84 bits per heavy atom. The first-order valence-electron chi connectivity index (χ1n) is 7.99. The Kier molecular flexibility index (Phi) is 6.03. The van der Waals surface area contributed by atoms with Gasteiger partial charge < -0.3 is 10.1 Å². The van der Waals surface area contributed by atoms with Gasteiger partial charge in [0.15, 0.2) is 0 Å². The zero-order chi connectivity index (χ0) is 18.4. The highest BCUT2D eigenvalue weighted by Crippen LogP contribution is 2.25. The van der Waals surface area contributed by atoms with Crippen molar-refractivity contribution in [3.63, 3.8) is 0 Å². The van der Waals surface area contributed by atoms with Crippen LogP contribution in [0, 0.1) is 0 Å². The van der Waals surface area contributed by atoms with Gasteiger partial charge in [-0.2, -0.15) is 0 Å². The fourth-order valence-corrected chi connectivity index (χ4v) is 3.07. The van der Waals surface area contributed by atoms with Gasteiger partial charge >= 0.3 is 0 Å². The second-order valence-electron chi connectivity index (χ2n) is 5.30. The molecule has 0 aliphatic heterocycles. The molecule has 25 heavy (non-hydrogen) atoms. The minimum atomic E-state index is -3.39. The lowest BCUT2D eigenvalue weighted by atomic mass is 10.2. The highest BCUT2D eigenvalue weighted by atomic mass is 32.2. The lowest BCUT2D eigenvalue weighted by Crippen LogP contribution is -2.28. The van der Waals surface area contributed by atoms with Crippen LogP contribution in [0.1, 0.15) is 24.2 Å². The van der Waals surface area contributed by atoms with Crippen molar-refractivity contribution in [2.45, 2.75) is 13.8 Å². The molecule has 0 spiro atoms. The van der Waals surface area contributed by atoms with E-state index in [9.17, 15) is 13.2 Å². The smallest absolute Gasteiger partial charge is 0.255 e. The molecule has 2 aromatic rings. The van der Waals surface area contributed by atoms with Crippen LogP contribution in [-0.2, 0) is 10.0 Å². The first-order valence-corrected chi connectivity index (χ1v) is 9.59. The summed E-state index contributed by atoms with van der Waals surface area (Å²) in [6, 6.07) is 13.6. The predicted molar refractivity (Wildman–Crippen MR) is 99.9 cm³/mol. The fraction of sp³-hybridized carbons (Fsp3) is 0.278. The van der Waals surface area contributed by atoms with Gasteiger partial charge in [-0.1, -0.05) is 18.2 Å². The van der Waals surface area contributed by atoms with Crippen molar-refractivity contribution in [1.82, 2.24) is 0 Å². The summed E-state index contributed by atoms with van der Waals surface area (Å²) in [7, 11) is -1.91. The van der Waals surface area contributed by atoms with Gasteiger partial charge in [-0.25, -0.2) is 8.42 Å². The summed E-state index contributed by atoms with van der Waals surface area (Å²) in [6.07, 6.45) is 0. The number of rotatable bonds is 7. The van der Waals surface area contributed by atoms with E-state index in [4.69, 9.17) is 4.74 Å². The van der Waals surface area contributed by atoms with Crippen LogP contribution in [0.15, 0.2) is 48.5 Å². The number of benzene rings is 2. The van der Waals surface area contributed by atoms with Crippen molar-refractivity contribution in [2.24, 2.45) is 0 Å². The minimum Gasteiger partial charge on any atom is -0.492 e. The third kappa shape index (κ3) is 4.51. The van der Waals surface area contributed by atoms with Gasteiger partial charge in [-0.15, -0.1) is 0 Å². The number of hydrogen-bond donors (Lipinski definition) is 1. The van der Waals surface area contributed by atoms with Gasteiger partial charge in [0.25, 0.3) is 5.91 Å². The highest BCUT2D eigenvalue weighted by molar-refractivity contribution is 7.92. The highest BCUT2D eigenvalue weighted by Gasteiger charge is 2.17. The number of sulfonamides is 1. The molecule has 0 atom stereocenters. The topological polar surface area (TPSA) is 75.7 Å². The van der Waals surface area contributed by atoms with Crippen LogP contribution in [0.2, 0.25) is 0 Å². The van der Waals surface area contributed by atoms with Gasteiger partial charge in [0.05, 0.1) is 23.7 Å². The van der Waals surface area contributed by atoms with Crippen LogP contribution in [-0.4, -0.2) is 33.7 Å². The quantitative estimate of drug-likeness (QED) is 0.821. The molecule has 0 radical (unpaired) electrons. The van der Waals surface area contributed by atoms with Crippen LogP contribution in [0.3, 0.4) is 0 Å². The SMILES string of the molecule is CCOc1ccccc1NC(=O)c1cccc(N(C)S(=O)(=O)CC)c1. The molecule has 0 heterocycles. The molecule has 0 saturated carbocycles. The largest absolute Gasteiger partial charge is 0.492 e. The summed E-state index contributed by atoms with van der Waals surface area (Å²) in [5, 5.41) is 2.80. The van der Waals surface area contributed by atoms with E-state index >= 15 is 0 Å². The van der Waals surface area contributed by atoms with Gasteiger partial charge in [0, 0.05) is 12.6 Å². The first-order chi connectivity index (χ1) is 11.9. The molecular formula is C18H22N2O4S. The van der Waals surface area contributed by atoms with Crippen LogP contribution in [0.4, 0.5) is 11.4 Å². The third-order valence-corrected chi connectivity index (χ3v) is 5.46. The van der Waals surface area contributed by atoms with Gasteiger partial charge in [0.2, 0.25) is 10.0 Å². The second kappa shape index (κ2) is 8.02. The summed E-state index contributed by atoms with van der Waals surface area (Å²) < 4.78 is 30.7. The molecule has 0 aliphatic carbocycles. The average Bonchev–Trinajstić information content (AvgIpc) is 2.63. The molecule has 0 saturated heterocycles. The number of para-hydroxylation sites is 2. The van der Waals surface area contributed by atoms with Gasteiger partial charge in [-0.05, 0) is 44.2 Å². The molecule has 2 aromatic carbocycles. The van der Waals surface area contributed by atoms with Crippen molar-refractivity contribution in [2.75, 3.05) is 29.0 Å². The molecule has 0 fully saturated rings. The van der Waals surface area contributed by atoms with Crippen molar-refractivity contribution in [3.05, 3.63) is 54.1 Å². The Balaban J connectivity index is 2.25. The van der Waals surface area contributed by atoms with Gasteiger partial charge in [0.1, 0.15) is 5.75 Å². The van der Waals surface area contributed by atoms with E-state index in [1.54, 1.807) is 49.4 Å². The average molecular weight is 362 g/mol. The van der Waals surface area contributed by atoms with Gasteiger partial charge in [-0.3, -0.25) is 9.10 Å². The molecule has 134 valence electrons. The summed E-state index contributed by atoms with van der Waals surface area (Å²) in [6.45, 7) is 3.93. The predicted octanol–water partition coefficient (Wildman–Crippen LogP) is 3.12. The number of hydrogen-bond acceptors (Lipinski definition) is 4. The van der Waals surface area contributed by atoms with Crippen LogP contribution >= 0.6 is 0 Å². The maximum Gasteiger partial charge on any atom is 0.255 e. The van der Waals surface area contributed by atoms with Crippen LogP contribution in [0.5, 0.6) is 5.75 Å². The normalized spacial score (nSPS) is 11.0. The van der Waals surface area contributed by atoms with Crippen molar-refractivity contribution < 1.29 is 17.9 Å². The molecular weight excluding hydrogens is 340 g/mol. The number of ether oxygens (including phenoxy) is 1. The number of anilines is 2. The van der Waals surface area contributed by atoms with E-state index in [0.717, 1.165) is 0 Å². The summed E-state index contributed by atoms with van der Waals surface area (Å²) >= 11 is 0. The Labute approximate surface area is 148 Å². The summed E-state index contributed by atoms with van der Waals surface area (Å²) in [4.78, 5) is 12.5. The molecule has 1 amide bonds. The van der Waals surface area contributed by atoms with Crippen LogP contribution < -0.4 is 14.4 Å². The monoisotopic (exact) mass is 362 g/mol. The fourth-order valence-electron chi connectivity index (χ4n) is 2.24. The molecule has 2 rings (SSSR count). The standard InChI is InChI=1S/C18H22N2O4S/c1-4-24-17-12-7-6-11-16(17)19-18(21)14-9-8-10-15(13-14)20(3)25(22,23)5-2/h6-13H,4-5H2,1-3H3,(H,19,21). The van der Waals surface area contributed by atoms with E-state index in [1.807, 2.05) is 13.0 Å². The minimum absolute atomic E-state index is 0.0122. The van der Waals surface area contributed by atoms with E-state index in [-0.39, 0.29) is 11.7 Å². The zero-order valence-corrected chi connectivity index (χ0v) is 15.3. The summed E-state index contributed by atoms with van der Waals surface area (Å²) in [5.74, 6) is 0.234. The number of amides is 1. The van der Waals surface area contributed by atoms with Crippen LogP contribution in [0.25, 0.3) is 0 Å². The van der Waals surface area contributed by atoms with Crippen molar-refractivity contribution in [1.29, 1.82) is 0 Å². The van der Waals surface area contributed by atoms with Crippen molar-refractivity contribution >= 4 is 27.3 Å². The third-order valence-electron chi connectivity index (χ3n) is 3.69. The lowest BCUT2D eigenvalue weighted by Gasteiger charge is -2.19. The molecule has 0 aromatic heterocycles. The molecule has 7 heteroatoms. The Morgan fingerprint density at radius 1 is 1.12 bits per heavy atom. The number of carbonyl (C=O) groups is 1. The zero-order valence-electron chi connectivity index (χ0n) is 14.5. The maximum absolute atomic E-state index is 12.5. The lowest BCUT2D eigenvalue weighted by molar-refractivity contribution is 0.102. The first kappa shape index (κ1) is 18.8. The van der Waals surface area contributed by atoms with E-state index < -0.39 is 10.0 Å².